The molecule has 0 aliphatic carbocycles. The minimum absolute atomic E-state index is 0.225. The summed E-state index contributed by atoms with van der Waals surface area (Å²) >= 11 is 7.32. The summed E-state index contributed by atoms with van der Waals surface area (Å²) in [6.07, 6.45) is 6.07. The molecule has 0 radical (unpaired) electrons. The second-order valence-electron chi connectivity index (χ2n) is 5.44. The molecule has 0 aromatic carbocycles. The highest BCUT2D eigenvalue weighted by atomic mass is 35.5. The van der Waals surface area contributed by atoms with Crippen molar-refractivity contribution in [2.45, 2.75) is 12.8 Å². The van der Waals surface area contributed by atoms with E-state index in [1.165, 1.54) is 24.0 Å². The van der Waals surface area contributed by atoms with Crippen LogP contribution in [0.5, 0.6) is 0 Å². The number of aromatic nitrogens is 3. The van der Waals surface area contributed by atoms with Gasteiger partial charge in [-0.1, -0.05) is 22.9 Å². The van der Waals surface area contributed by atoms with Crippen LogP contribution in [0.2, 0.25) is 5.15 Å². The Morgan fingerprint density at radius 3 is 3.09 bits per heavy atom. The van der Waals surface area contributed by atoms with Crippen LogP contribution in [-0.2, 0) is 18.2 Å². The van der Waals surface area contributed by atoms with Crippen LogP contribution in [0.4, 0.5) is 5.13 Å². The molecule has 2 aromatic heterocycles. The maximum Gasteiger partial charge on any atom is 0.351 e. The first kappa shape index (κ1) is 15.3. The van der Waals surface area contributed by atoms with Crippen LogP contribution < -0.4 is 4.90 Å². The van der Waals surface area contributed by atoms with Gasteiger partial charge < -0.3 is 9.64 Å². The van der Waals surface area contributed by atoms with Crippen LogP contribution in [0.1, 0.15) is 21.7 Å². The summed E-state index contributed by atoms with van der Waals surface area (Å²) in [6.45, 7) is 1.84. The highest BCUT2D eigenvalue weighted by Gasteiger charge is 2.27. The van der Waals surface area contributed by atoms with Crippen molar-refractivity contribution in [3.8, 4) is 0 Å². The van der Waals surface area contributed by atoms with Crippen molar-refractivity contribution in [1.82, 2.24) is 14.8 Å². The van der Waals surface area contributed by atoms with E-state index in [4.69, 9.17) is 16.3 Å². The predicted octanol–water partition coefficient (Wildman–Crippen LogP) is 2.39. The molecule has 118 valence electrons. The summed E-state index contributed by atoms with van der Waals surface area (Å²) in [7, 11) is 3.27. The third kappa shape index (κ3) is 3.10. The van der Waals surface area contributed by atoms with E-state index in [-0.39, 0.29) is 5.15 Å². The van der Waals surface area contributed by atoms with Crippen molar-refractivity contribution >= 4 is 34.0 Å². The molecule has 0 saturated carbocycles. The minimum Gasteiger partial charge on any atom is -0.465 e. The third-order valence-electron chi connectivity index (χ3n) is 3.78. The second kappa shape index (κ2) is 6.26. The lowest BCUT2D eigenvalue weighted by atomic mass is 10.0. The smallest absolute Gasteiger partial charge is 0.351 e. The van der Waals surface area contributed by atoms with Crippen molar-refractivity contribution in [1.29, 1.82) is 0 Å². The molecular formula is C14H17ClN4O2S. The van der Waals surface area contributed by atoms with E-state index in [9.17, 15) is 4.79 Å². The van der Waals surface area contributed by atoms with Gasteiger partial charge in [0.2, 0.25) is 0 Å². The van der Waals surface area contributed by atoms with Gasteiger partial charge >= 0.3 is 5.97 Å². The molecule has 0 spiro atoms. The van der Waals surface area contributed by atoms with Gasteiger partial charge in [-0.2, -0.15) is 5.10 Å². The first-order valence-electron chi connectivity index (χ1n) is 7.04. The molecule has 1 aliphatic rings. The van der Waals surface area contributed by atoms with Gasteiger partial charge in [0.15, 0.2) is 15.2 Å². The molecule has 6 nitrogen and oxygen atoms in total. The largest absolute Gasteiger partial charge is 0.465 e. The minimum atomic E-state index is -0.431. The highest BCUT2D eigenvalue weighted by molar-refractivity contribution is 7.18. The summed E-state index contributed by atoms with van der Waals surface area (Å²) in [6, 6.07) is 0. The lowest BCUT2D eigenvalue weighted by Crippen LogP contribution is -2.19. The van der Waals surface area contributed by atoms with Gasteiger partial charge in [-0.25, -0.2) is 9.78 Å². The zero-order chi connectivity index (χ0) is 15.7. The van der Waals surface area contributed by atoms with E-state index in [0.717, 1.165) is 31.1 Å². The standard InChI is InChI=1S/C14H17ClN4O2S/c1-18-7-10(6-16-18)5-9-3-4-19(8-9)14-17-12(15)11(22-14)13(20)21-2/h6-7,9H,3-5,8H2,1-2H3. The highest BCUT2D eigenvalue weighted by Crippen LogP contribution is 2.33. The molecule has 0 N–H and O–H groups in total. The zero-order valence-corrected chi connectivity index (χ0v) is 14.0. The van der Waals surface area contributed by atoms with Crippen LogP contribution >= 0.6 is 22.9 Å². The number of rotatable bonds is 4. The molecule has 1 unspecified atom stereocenters. The predicted molar refractivity (Wildman–Crippen MR) is 85.7 cm³/mol. The monoisotopic (exact) mass is 340 g/mol. The Morgan fingerprint density at radius 2 is 2.41 bits per heavy atom. The molecule has 1 saturated heterocycles. The number of carbonyl (C=O) groups excluding carboxylic acids is 1. The lowest BCUT2D eigenvalue weighted by Gasteiger charge is -2.14. The number of anilines is 1. The molecule has 1 atom stereocenters. The second-order valence-corrected chi connectivity index (χ2v) is 6.77. The Bertz CT molecular complexity index is 684. The van der Waals surface area contributed by atoms with Gasteiger partial charge in [-0.3, -0.25) is 4.68 Å². The van der Waals surface area contributed by atoms with E-state index < -0.39 is 5.97 Å². The van der Waals surface area contributed by atoms with Gasteiger partial charge in [0.25, 0.3) is 0 Å². The van der Waals surface area contributed by atoms with Gasteiger partial charge in [0.05, 0.1) is 13.3 Å². The average molecular weight is 341 g/mol. The Balaban J connectivity index is 1.66. The molecule has 22 heavy (non-hydrogen) atoms. The number of hydrogen-bond donors (Lipinski definition) is 0. The van der Waals surface area contributed by atoms with Gasteiger partial charge in [0, 0.05) is 26.3 Å². The van der Waals surface area contributed by atoms with E-state index in [0.29, 0.717) is 10.8 Å². The average Bonchev–Trinajstić information content (AvgIpc) is 3.19. The fraction of sp³-hybridized carbons (Fsp3) is 0.500. The molecule has 3 heterocycles. The number of methoxy groups -OCH3 is 1. The Hall–Kier alpha value is -1.60. The Kier molecular flexibility index (Phi) is 4.35. The number of halogens is 1. The lowest BCUT2D eigenvalue weighted by molar-refractivity contribution is 0.0606. The number of esters is 1. The van der Waals surface area contributed by atoms with E-state index >= 15 is 0 Å². The zero-order valence-electron chi connectivity index (χ0n) is 12.5. The summed E-state index contributed by atoms with van der Waals surface area (Å²) in [5.41, 5.74) is 1.25. The normalized spacial score (nSPS) is 18.0. The molecule has 3 rings (SSSR count). The van der Waals surface area contributed by atoms with Crippen LogP contribution in [0.15, 0.2) is 12.4 Å². The molecule has 1 fully saturated rings. The van der Waals surface area contributed by atoms with Gasteiger partial charge in [-0.05, 0) is 24.3 Å². The maximum absolute atomic E-state index is 11.6. The van der Waals surface area contributed by atoms with Crippen LogP contribution in [0.3, 0.4) is 0 Å². The van der Waals surface area contributed by atoms with Crippen molar-refractivity contribution < 1.29 is 9.53 Å². The third-order valence-corrected chi connectivity index (χ3v) is 5.27. The Morgan fingerprint density at radius 1 is 1.59 bits per heavy atom. The number of hydrogen-bond acceptors (Lipinski definition) is 6. The number of aryl methyl sites for hydroxylation is 1. The van der Waals surface area contributed by atoms with Crippen molar-refractivity contribution in [3.05, 3.63) is 28.0 Å². The maximum atomic E-state index is 11.6. The number of carbonyl (C=O) groups is 1. The van der Waals surface area contributed by atoms with Crippen molar-refractivity contribution in [2.24, 2.45) is 13.0 Å². The van der Waals surface area contributed by atoms with Crippen LogP contribution in [-0.4, -0.2) is 40.9 Å². The summed E-state index contributed by atoms with van der Waals surface area (Å²) in [5.74, 6) is 0.133. The number of thiazole rings is 1. The first-order chi connectivity index (χ1) is 10.6. The molecular weight excluding hydrogens is 324 g/mol. The molecule has 0 bridgehead atoms. The fourth-order valence-electron chi connectivity index (χ4n) is 2.73. The van der Waals surface area contributed by atoms with E-state index in [1.54, 1.807) is 0 Å². The van der Waals surface area contributed by atoms with E-state index in [2.05, 4.69) is 21.2 Å². The molecule has 1 aliphatic heterocycles. The number of ether oxygens (including phenoxy) is 1. The topological polar surface area (TPSA) is 60.2 Å². The van der Waals surface area contributed by atoms with E-state index in [1.807, 2.05) is 17.9 Å². The van der Waals surface area contributed by atoms with Crippen LogP contribution in [0, 0.1) is 5.92 Å². The number of nitrogens with zero attached hydrogens (tertiary/aromatic N) is 4. The fourth-order valence-corrected chi connectivity index (χ4v) is 3.96. The molecule has 0 amide bonds. The Labute approximate surface area is 137 Å². The molecule has 2 aromatic rings. The first-order valence-corrected chi connectivity index (χ1v) is 8.23. The summed E-state index contributed by atoms with van der Waals surface area (Å²) in [5, 5.41) is 5.22. The van der Waals surface area contributed by atoms with Crippen molar-refractivity contribution in [3.63, 3.8) is 0 Å². The van der Waals surface area contributed by atoms with Crippen LogP contribution in [0.25, 0.3) is 0 Å². The summed E-state index contributed by atoms with van der Waals surface area (Å²) in [4.78, 5) is 18.5. The van der Waals surface area contributed by atoms with Crippen molar-refractivity contribution in [2.75, 3.05) is 25.1 Å². The quantitative estimate of drug-likeness (QED) is 0.800. The van der Waals surface area contributed by atoms with Gasteiger partial charge in [-0.15, -0.1) is 0 Å². The molecule has 8 heteroatoms. The van der Waals surface area contributed by atoms with Gasteiger partial charge in [0.1, 0.15) is 0 Å². The SMILES string of the molecule is COC(=O)c1sc(N2CCC(Cc3cnn(C)c3)C2)nc1Cl. The summed E-state index contributed by atoms with van der Waals surface area (Å²) < 4.78 is 6.54.